The van der Waals surface area contributed by atoms with E-state index in [9.17, 15) is 9.90 Å². The Morgan fingerprint density at radius 2 is 2.30 bits per heavy atom. The van der Waals surface area contributed by atoms with Gasteiger partial charge in [-0.05, 0) is 47.3 Å². The van der Waals surface area contributed by atoms with Crippen LogP contribution in [0.25, 0.3) is 0 Å². The molecule has 1 aromatic rings. The van der Waals surface area contributed by atoms with Crippen molar-refractivity contribution in [1.82, 2.24) is 9.88 Å². The number of amides is 1. The molecular weight excluding hydrogens is 320 g/mol. The van der Waals surface area contributed by atoms with Crippen molar-refractivity contribution < 1.29 is 9.90 Å². The summed E-state index contributed by atoms with van der Waals surface area (Å²) in [6.45, 7) is 1.30. The fourth-order valence-corrected chi connectivity index (χ4v) is 3.89. The van der Waals surface area contributed by atoms with Crippen LogP contribution in [0.1, 0.15) is 42.5 Å². The summed E-state index contributed by atoms with van der Waals surface area (Å²) in [5, 5.41) is 10.7. The Kier molecular flexibility index (Phi) is 3.82. The van der Waals surface area contributed by atoms with Crippen LogP contribution in [0.5, 0.6) is 0 Å². The normalized spacial score (nSPS) is 29.9. The van der Waals surface area contributed by atoms with Crippen LogP contribution in [0.3, 0.4) is 0 Å². The Balaban J connectivity index is 1.76. The molecule has 2 atom stereocenters. The number of halogens is 1. The van der Waals surface area contributed by atoms with Crippen molar-refractivity contribution in [2.45, 2.75) is 37.7 Å². The minimum atomic E-state index is -0.540. The van der Waals surface area contributed by atoms with Crippen molar-refractivity contribution >= 4 is 21.8 Å². The van der Waals surface area contributed by atoms with Crippen LogP contribution in [0.15, 0.2) is 22.9 Å². The molecule has 108 valence electrons. The molecule has 0 bridgehead atoms. The molecule has 1 aromatic heterocycles. The third kappa shape index (κ3) is 2.49. The number of aliphatic hydroxyl groups is 1. The number of carbonyl (C=O) groups is 1. The first-order chi connectivity index (χ1) is 9.60. The number of hydrogen-bond donors (Lipinski definition) is 1. The summed E-state index contributed by atoms with van der Waals surface area (Å²) < 4.78 is 0.592. The summed E-state index contributed by atoms with van der Waals surface area (Å²) in [6.07, 6.45) is 6.53. The highest BCUT2D eigenvalue weighted by Gasteiger charge is 2.43. The molecule has 2 fully saturated rings. The molecule has 20 heavy (non-hydrogen) atoms. The van der Waals surface area contributed by atoms with E-state index in [4.69, 9.17) is 0 Å². The van der Waals surface area contributed by atoms with Crippen LogP contribution in [0.2, 0.25) is 0 Å². The van der Waals surface area contributed by atoms with E-state index >= 15 is 0 Å². The van der Waals surface area contributed by atoms with E-state index in [0.717, 1.165) is 25.7 Å². The average molecular weight is 339 g/mol. The lowest BCUT2D eigenvalue weighted by Crippen LogP contribution is -2.54. The Hall–Kier alpha value is -0.940. The second-order valence-electron chi connectivity index (χ2n) is 5.89. The molecule has 1 amide bonds. The molecule has 0 aromatic carbocycles. The highest BCUT2D eigenvalue weighted by atomic mass is 79.9. The van der Waals surface area contributed by atoms with Gasteiger partial charge in [0, 0.05) is 25.2 Å². The highest BCUT2D eigenvalue weighted by Crippen LogP contribution is 2.40. The molecular formula is C15H19BrN2O2. The van der Waals surface area contributed by atoms with Crippen LogP contribution in [0.4, 0.5) is 0 Å². The first-order valence-corrected chi connectivity index (χ1v) is 8.02. The summed E-state index contributed by atoms with van der Waals surface area (Å²) >= 11 is 3.33. The third-order valence-corrected chi connectivity index (χ3v) is 5.34. The zero-order valence-corrected chi connectivity index (χ0v) is 13.0. The molecule has 3 rings (SSSR count). The van der Waals surface area contributed by atoms with Crippen LogP contribution in [-0.4, -0.2) is 39.6 Å². The van der Waals surface area contributed by atoms with Gasteiger partial charge in [-0.2, -0.15) is 0 Å². The van der Waals surface area contributed by atoms with Gasteiger partial charge in [-0.1, -0.05) is 12.8 Å². The minimum Gasteiger partial charge on any atom is -0.389 e. The summed E-state index contributed by atoms with van der Waals surface area (Å²) in [6, 6.07) is 3.57. The lowest BCUT2D eigenvalue weighted by atomic mass is 9.71. The predicted octanol–water partition coefficient (Wildman–Crippen LogP) is 2.61. The van der Waals surface area contributed by atoms with E-state index in [-0.39, 0.29) is 11.8 Å². The van der Waals surface area contributed by atoms with Gasteiger partial charge in [-0.25, -0.2) is 4.98 Å². The van der Waals surface area contributed by atoms with Gasteiger partial charge in [0.25, 0.3) is 5.91 Å². The maximum absolute atomic E-state index is 12.6. The maximum atomic E-state index is 12.6. The monoisotopic (exact) mass is 338 g/mol. The molecule has 1 saturated carbocycles. The fraction of sp³-hybridized carbons (Fsp3) is 0.600. The number of likely N-dealkylation sites (tertiary alicyclic amines) is 1. The quantitative estimate of drug-likeness (QED) is 0.801. The average Bonchev–Trinajstić information content (AvgIpc) is 2.46. The molecule has 0 radical (unpaired) electrons. The second kappa shape index (κ2) is 5.45. The SMILES string of the molecule is O=C(c1cccnc1Br)N1CCC2(O)CCCCC2C1. The van der Waals surface area contributed by atoms with Gasteiger partial charge in [0.2, 0.25) is 0 Å². The van der Waals surface area contributed by atoms with Gasteiger partial charge < -0.3 is 10.0 Å². The highest BCUT2D eigenvalue weighted by molar-refractivity contribution is 9.10. The summed E-state index contributed by atoms with van der Waals surface area (Å²) in [7, 11) is 0. The van der Waals surface area contributed by atoms with Crippen molar-refractivity contribution in [3.8, 4) is 0 Å². The van der Waals surface area contributed by atoms with E-state index < -0.39 is 5.60 Å². The van der Waals surface area contributed by atoms with Gasteiger partial charge in [0.1, 0.15) is 4.60 Å². The standard InChI is InChI=1S/C15H19BrN2O2/c16-13-12(5-3-8-17-13)14(19)18-9-7-15(20)6-2-1-4-11(15)10-18/h3,5,8,11,20H,1-2,4,6-7,9-10H2. The number of hydrogen-bond acceptors (Lipinski definition) is 3. The Morgan fingerprint density at radius 3 is 3.10 bits per heavy atom. The minimum absolute atomic E-state index is 0.0117. The van der Waals surface area contributed by atoms with Crippen molar-refractivity contribution in [3.63, 3.8) is 0 Å². The summed E-state index contributed by atoms with van der Waals surface area (Å²) in [5.74, 6) is 0.238. The number of pyridine rings is 1. The molecule has 2 heterocycles. The second-order valence-corrected chi connectivity index (χ2v) is 6.64. The molecule has 2 aliphatic rings. The smallest absolute Gasteiger partial charge is 0.256 e. The van der Waals surface area contributed by atoms with Crippen molar-refractivity contribution in [2.24, 2.45) is 5.92 Å². The van der Waals surface area contributed by atoms with Gasteiger partial charge >= 0.3 is 0 Å². The van der Waals surface area contributed by atoms with E-state index in [2.05, 4.69) is 20.9 Å². The lowest BCUT2D eigenvalue weighted by molar-refractivity contribution is -0.0886. The van der Waals surface area contributed by atoms with Crippen molar-refractivity contribution in [2.75, 3.05) is 13.1 Å². The number of nitrogens with zero attached hydrogens (tertiary/aromatic N) is 2. The topological polar surface area (TPSA) is 53.4 Å². The zero-order chi connectivity index (χ0) is 14.2. The summed E-state index contributed by atoms with van der Waals surface area (Å²) in [5.41, 5.74) is 0.0648. The van der Waals surface area contributed by atoms with Crippen molar-refractivity contribution in [3.05, 3.63) is 28.5 Å². The molecule has 1 aliphatic heterocycles. The van der Waals surface area contributed by atoms with Crippen LogP contribution in [-0.2, 0) is 0 Å². The number of carbonyl (C=O) groups excluding carboxylic acids is 1. The molecule has 0 spiro atoms. The van der Waals surface area contributed by atoms with Gasteiger partial charge in [-0.15, -0.1) is 0 Å². The Labute approximate surface area is 127 Å². The van der Waals surface area contributed by atoms with E-state index in [0.29, 0.717) is 29.7 Å². The lowest BCUT2D eigenvalue weighted by Gasteiger charge is -2.47. The molecule has 1 N–H and O–H groups in total. The van der Waals surface area contributed by atoms with E-state index in [1.54, 1.807) is 18.3 Å². The Morgan fingerprint density at radius 1 is 1.45 bits per heavy atom. The predicted molar refractivity (Wildman–Crippen MR) is 79.4 cm³/mol. The number of piperidine rings is 1. The van der Waals surface area contributed by atoms with Crippen LogP contribution >= 0.6 is 15.9 Å². The molecule has 2 unspecified atom stereocenters. The third-order valence-electron chi connectivity index (χ3n) is 4.70. The van der Waals surface area contributed by atoms with E-state index in [1.165, 1.54) is 0 Å². The zero-order valence-electron chi connectivity index (χ0n) is 11.4. The van der Waals surface area contributed by atoms with Gasteiger partial charge in [0.15, 0.2) is 0 Å². The molecule has 1 saturated heterocycles. The van der Waals surface area contributed by atoms with Crippen LogP contribution in [0, 0.1) is 5.92 Å². The first kappa shape index (κ1) is 14.0. The van der Waals surface area contributed by atoms with Crippen molar-refractivity contribution in [1.29, 1.82) is 0 Å². The maximum Gasteiger partial charge on any atom is 0.256 e. The van der Waals surface area contributed by atoms with E-state index in [1.807, 2.05) is 4.90 Å². The Bertz CT molecular complexity index is 522. The number of rotatable bonds is 1. The largest absolute Gasteiger partial charge is 0.389 e. The van der Waals surface area contributed by atoms with Crippen LogP contribution < -0.4 is 0 Å². The number of aromatic nitrogens is 1. The first-order valence-electron chi connectivity index (χ1n) is 7.22. The fourth-order valence-electron chi connectivity index (χ4n) is 3.47. The number of fused-ring (bicyclic) bond motifs is 1. The summed E-state index contributed by atoms with van der Waals surface area (Å²) in [4.78, 5) is 18.6. The molecule has 4 nitrogen and oxygen atoms in total. The molecule has 1 aliphatic carbocycles. The van der Waals surface area contributed by atoms with Gasteiger partial charge in [-0.3, -0.25) is 4.79 Å². The molecule has 5 heteroatoms. The van der Waals surface area contributed by atoms with Gasteiger partial charge in [0.05, 0.1) is 11.2 Å².